The fraction of sp³-hybridized carbons (Fsp3) is 0.444. The number of hydrogen-bond donors (Lipinski definition) is 1. The van der Waals surface area contributed by atoms with Gasteiger partial charge in [-0.15, -0.1) is 0 Å². The molecule has 0 amide bonds. The molecule has 0 spiro atoms. The second-order valence-corrected chi connectivity index (χ2v) is 3.10. The van der Waals surface area contributed by atoms with E-state index in [1.54, 1.807) is 10.6 Å². The van der Waals surface area contributed by atoms with Gasteiger partial charge in [-0.05, 0) is 26.8 Å². The zero-order chi connectivity index (χ0) is 9.30. The van der Waals surface area contributed by atoms with Crippen LogP contribution in [0, 0.1) is 6.92 Å². The van der Waals surface area contributed by atoms with Gasteiger partial charge in [0.05, 0.1) is 5.69 Å². The highest BCUT2D eigenvalue weighted by atomic mass is 16.1. The van der Waals surface area contributed by atoms with Crippen molar-refractivity contribution in [1.29, 1.82) is 0 Å². The molecular weight excluding hydrogens is 152 g/mol. The summed E-state index contributed by atoms with van der Waals surface area (Å²) in [7, 11) is 0. The standard InChI is InChI=1S/C9H14N2O/c1-5-8-7(4)11(6(2)3)9(12)10-8/h5-6H,1H2,2-4H3,(H,10,12). The van der Waals surface area contributed by atoms with E-state index in [1.807, 2.05) is 20.8 Å². The van der Waals surface area contributed by atoms with E-state index < -0.39 is 0 Å². The van der Waals surface area contributed by atoms with Crippen molar-refractivity contribution in [3.05, 3.63) is 28.5 Å². The molecule has 0 radical (unpaired) electrons. The van der Waals surface area contributed by atoms with Gasteiger partial charge in [0.2, 0.25) is 0 Å². The van der Waals surface area contributed by atoms with E-state index in [9.17, 15) is 4.79 Å². The highest BCUT2D eigenvalue weighted by Gasteiger charge is 2.09. The van der Waals surface area contributed by atoms with Crippen LogP contribution < -0.4 is 5.69 Å². The first-order chi connectivity index (χ1) is 5.57. The summed E-state index contributed by atoms with van der Waals surface area (Å²) in [5.74, 6) is 0. The third-order valence-corrected chi connectivity index (χ3v) is 1.93. The van der Waals surface area contributed by atoms with Crippen molar-refractivity contribution in [3.8, 4) is 0 Å². The molecule has 0 bridgehead atoms. The summed E-state index contributed by atoms with van der Waals surface area (Å²) < 4.78 is 1.72. The quantitative estimate of drug-likeness (QED) is 0.713. The average Bonchev–Trinajstić information content (AvgIpc) is 2.25. The lowest BCUT2D eigenvalue weighted by atomic mass is 10.3. The molecule has 1 N–H and O–H groups in total. The van der Waals surface area contributed by atoms with Gasteiger partial charge < -0.3 is 4.98 Å². The van der Waals surface area contributed by atoms with Crippen molar-refractivity contribution in [2.75, 3.05) is 0 Å². The van der Waals surface area contributed by atoms with E-state index in [2.05, 4.69) is 11.6 Å². The van der Waals surface area contributed by atoms with Crippen LogP contribution in [0.25, 0.3) is 6.08 Å². The van der Waals surface area contributed by atoms with Gasteiger partial charge in [-0.25, -0.2) is 4.79 Å². The molecule has 0 aliphatic rings. The summed E-state index contributed by atoms with van der Waals surface area (Å²) in [4.78, 5) is 14.1. The largest absolute Gasteiger partial charge is 0.326 e. The van der Waals surface area contributed by atoms with Gasteiger partial charge in [0.1, 0.15) is 0 Å². The van der Waals surface area contributed by atoms with Crippen LogP contribution in [-0.4, -0.2) is 9.55 Å². The number of aromatic nitrogens is 2. The van der Waals surface area contributed by atoms with E-state index in [0.29, 0.717) is 0 Å². The molecule has 0 aliphatic carbocycles. The molecule has 66 valence electrons. The van der Waals surface area contributed by atoms with Crippen LogP contribution in [0.15, 0.2) is 11.4 Å². The Hall–Kier alpha value is -1.25. The Labute approximate surface area is 71.7 Å². The molecular formula is C9H14N2O. The Kier molecular flexibility index (Phi) is 2.22. The minimum Gasteiger partial charge on any atom is -0.306 e. The number of imidazole rings is 1. The van der Waals surface area contributed by atoms with Gasteiger partial charge in [0, 0.05) is 11.7 Å². The molecule has 1 aromatic rings. The van der Waals surface area contributed by atoms with Gasteiger partial charge in [-0.1, -0.05) is 6.58 Å². The summed E-state index contributed by atoms with van der Waals surface area (Å²) in [6.45, 7) is 9.50. The van der Waals surface area contributed by atoms with Crippen LogP contribution in [0.2, 0.25) is 0 Å². The Morgan fingerprint density at radius 1 is 1.58 bits per heavy atom. The van der Waals surface area contributed by atoms with Crippen LogP contribution in [0.5, 0.6) is 0 Å². The summed E-state index contributed by atoms with van der Waals surface area (Å²) in [5, 5.41) is 0. The lowest BCUT2D eigenvalue weighted by Gasteiger charge is -2.07. The predicted octanol–water partition coefficient (Wildman–Crippen LogP) is 1.71. The molecule has 0 saturated carbocycles. The normalized spacial score (nSPS) is 10.7. The lowest BCUT2D eigenvalue weighted by Crippen LogP contribution is -2.19. The number of nitrogens with one attached hydrogen (secondary N) is 1. The number of H-pyrrole nitrogens is 1. The zero-order valence-corrected chi connectivity index (χ0v) is 7.72. The number of rotatable bonds is 2. The predicted molar refractivity (Wildman–Crippen MR) is 50.3 cm³/mol. The summed E-state index contributed by atoms with van der Waals surface area (Å²) in [6, 6.07) is 0.197. The van der Waals surface area contributed by atoms with E-state index >= 15 is 0 Å². The first-order valence-electron chi connectivity index (χ1n) is 4.01. The van der Waals surface area contributed by atoms with Crippen LogP contribution in [0.4, 0.5) is 0 Å². The van der Waals surface area contributed by atoms with Gasteiger partial charge in [0.15, 0.2) is 0 Å². The van der Waals surface area contributed by atoms with Crippen molar-refractivity contribution in [3.63, 3.8) is 0 Å². The number of hydrogen-bond acceptors (Lipinski definition) is 1. The SMILES string of the molecule is C=Cc1[nH]c(=O)n(C(C)C)c1C. The molecule has 0 unspecified atom stereocenters. The van der Waals surface area contributed by atoms with E-state index in [0.717, 1.165) is 11.4 Å². The highest BCUT2D eigenvalue weighted by Crippen LogP contribution is 2.09. The fourth-order valence-corrected chi connectivity index (χ4v) is 1.37. The summed E-state index contributed by atoms with van der Waals surface area (Å²) in [5.41, 5.74) is 1.70. The molecule has 12 heavy (non-hydrogen) atoms. The maximum atomic E-state index is 11.3. The molecule has 0 aliphatic heterocycles. The highest BCUT2D eigenvalue weighted by molar-refractivity contribution is 5.44. The first kappa shape index (κ1) is 8.84. The topological polar surface area (TPSA) is 37.8 Å². The molecule has 1 aromatic heterocycles. The van der Waals surface area contributed by atoms with E-state index in [1.165, 1.54) is 0 Å². The van der Waals surface area contributed by atoms with Crippen molar-refractivity contribution < 1.29 is 0 Å². The third kappa shape index (κ3) is 1.22. The lowest BCUT2D eigenvalue weighted by molar-refractivity contribution is 0.567. The maximum absolute atomic E-state index is 11.3. The summed E-state index contributed by atoms with van der Waals surface area (Å²) >= 11 is 0. The van der Waals surface area contributed by atoms with Gasteiger partial charge in [-0.3, -0.25) is 4.57 Å². The second-order valence-electron chi connectivity index (χ2n) is 3.10. The third-order valence-electron chi connectivity index (χ3n) is 1.93. The second kappa shape index (κ2) is 3.01. The molecule has 0 saturated heterocycles. The van der Waals surface area contributed by atoms with Gasteiger partial charge in [-0.2, -0.15) is 0 Å². The molecule has 0 aromatic carbocycles. The fourth-order valence-electron chi connectivity index (χ4n) is 1.37. The smallest absolute Gasteiger partial charge is 0.306 e. The van der Waals surface area contributed by atoms with Crippen LogP contribution in [-0.2, 0) is 0 Å². The van der Waals surface area contributed by atoms with Crippen molar-refractivity contribution in [2.24, 2.45) is 0 Å². The van der Waals surface area contributed by atoms with E-state index in [-0.39, 0.29) is 11.7 Å². The van der Waals surface area contributed by atoms with Crippen molar-refractivity contribution >= 4 is 6.08 Å². The van der Waals surface area contributed by atoms with Crippen LogP contribution in [0.3, 0.4) is 0 Å². The Morgan fingerprint density at radius 3 is 2.42 bits per heavy atom. The van der Waals surface area contributed by atoms with Gasteiger partial charge in [0.25, 0.3) is 0 Å². The molecule has 1 rings (SSSR count). The minimum atomic E-state index is -0.0580. The Morgan fingerprint density at radius 2 is 2.17 bits per heavy atom. The minimum absolute atomic E-state index is 0.0580. The van der Waals surface area contributed by atoms with Crippen molar-refractivity contribution in [1.82, 2.24) is 9.55 Å². The molecule has 3 nitrogen and oxygen atoms in total. The van der Waals surface area contributed by atoms with Gasteiger partial charge >= 0.3 is 5.69 Å². The average molecular weight is 166 g/mol. The first-order valence-corrected chi connectivity index (χ1v) is 4.01. The zero-order valence-electron chi connectivity index (χ0n) is 7.72. The monoisotopic (exact) mass is 166 g/mol. The molecule has 1 heterocycles. The van der Waals surface area contributed by atoms with E-state index in [4.69, 9.17) is 0 Å². The number of aromatic amines is 1. The molecule has 0 fully saturated rings. The van der Waals surface area contributed by atoms with Crippen LogP contribution in [0.1, 0.15) is 31.3 Å². The Bertz CT molecular complexity index is 344. The molecule has 0 atom stereocenters. The number of nitrogens with zero attached hydrogens (tertiary/aromatic N) is 1. The maximum Gasteiger partial charge on any atom is 0.326 e. The molecule has 3 heteroatoms. The van der Waals surface area contributed by atoms with Crippen LogP contribution >= 0.6 is 0 Å². The summed E-state index contributed by atoms with van der Waals surface area (Å²) in [6.07, 6.45) is 1.66. The van der Waals surface area contributed by atoms with Crippen molar-refractivity contribution in [2.45, 2.75) is 26.8 Å². The Balaban J connectivity index is 3.38.